The van der Waals surface area contributed by atoms with Gasteiger partial charge in [-0.1, -0.05) is 18.2 Å². The Labute approximate surface area is 204 Å². The highest BCUT2D eigenvalue weighted by atomic mass is 16.5. The fourth-order valence-corrected chi connectivity index (χ4v) is 4.56. The van der Waals surface area contributed by atoms with Gasteiger partial charge in [0.15, 0.2) is 5.76 Å². The highest BCUT2D eigenvalue weighted by Gasteiger charge is 2.30. The van der Waals surface area contributed by atoms with E-state index in [2.05, 4.69) is 4.90 Å². The second-order valence-corrected chi connectivity index (χ2v) is 8.83. The molecule has 3 aromatic rings. The Kier molecular flexibility index (Phi) is 7.55. The fraction of sp³-hybridized carbons (Fsp3) is 0.423. The first-order valence-corrected chi connectivity index (χ1v) is 12.0. The summed E-state index contributed by atoms with van der Waals surface area (Å²) in [5.74, 6) is -0.480. The molecule has 1 amide bonds. The molecule has 0 radical (unpaired) electrons. The number of pyridine rings is 1. The van der Waals surface area contributed by atoms with Crippen molar-refractivity contribution >= 4 is 28.5 Å². The van der Waals surface area contributed by atoms with E-state index in [0.29, 0.717) is 44.2 Å². The van der Waals surface area contributed by atoms with Crippen LogP contribution in [-0.2, 0) is 11.3 Å². The third-order valence-corrected chi connectivity index (χ3v) is 6.23. The Morgan fingerprint density at radius 3 is 2.46 bits per heavy atom. The number of ether oxygens (including phenoxy) is 1. The van der Waals surface area contributed by atoms with Gasteiger partial charge in [0.1, 0.15) is 5.56 Å². The van der Waals surface area contributed by atoms with Crippen LogP contribution in [0, 0.1) is 0 Å². The fourth-order valence-electron chi connectivity index (χ4n) is 4.56. The molecule has 1 aliphatic heterocycles. The Hall–Kier alpha value is -3.59. The molecule has 1 fully saturated rings. The third-order valence-electron chi connectivity index (χ3n) is 6.23. The molecule has 1 aliphatic rings. The molecule has 35 heavy (non-hydrogen) atoms. The number of anilines is 1. The number of hydrogen-bond acceptors (Lipinski definition) is 7. The smallest absolute Gasteiger partial charge is 0.345 e. The number of amides is 1. The third kappa shape index (κ3) is 5.09. The lowest BCUT2D eigenvalue weighted by Crippen LogP contribution is -2.49. The van der Waals surface area contributed by atoms with Gasteiger partial charge in [-0.25, -0.2) is 4.79 Å². The van der Waals surface area contributed by atoms with Gasteiger partial charge in [0, 0.05) is 38.1 Å². The van der Waals surface area contributed by atoms with Crippen LogP contribution in [0.5, 0.6) is 0 Å². The van der Waals surface area contributed by atoms with Crippen molar-refractivity contribution in [2.75, 3.05) is 58.3 Å². The number of nitrogens with zero attached hydrogens (tertiary/aromatic N) is 4. The van der Waals surface area contributed by atoms with Crippen LogP contribution >= 0.6 is 0 Å². The molecule has 3 heterocycles. The minimum absolute atomic E-state index is 0.0567. The topological polar surface area (TPSA) is 88.2 Å². The van der Waals surface area contributed by atoms with Crippen LogP contribution in [0.4, 0.5) is 5.69 Å². The summed E-state index contributed by atoms with van der Waals surface area (Å²) in [4.78, 5) is 45.3. The standard InChI is InChI=1S/C26H32N4O5/c1-4-34-26(33)22-23(28-14-16-29(17-15-28)24(31)21-11-7-18-35-21)19-9-5-6-10-20(19)30(25(22)32)13-8-12-27(2)3/h5-7,9-11,18H,4,8,12-17H2,1-3H3. The molecule has 186 valence electrons. The predicted molar refractivity (Wildman–Crippen MR) is 134 cm³/mol. The molecule has 2 aromatic heterocycles. The molecule has 0 aliphatic carbocycles. The van der Waals surface area contributed by atoms with Crippen LogP contribution in [0.1, 0.15) is 34.3 Å². The molecular formula is C26H32N4O5. The van der Waals surface area contributed by atoms with Gasteiger partial charge >= 0.3 is 5.97 Å². The van der Waals surface area contributed by atoms with E-state index >= 15 is 0 Å². The van der Waals surface area contributed by atoms with Gasteiger partial charge in [-0.3, -0.25) is 9.59 Å². The zero-order valence-corrected chi connectivity index (χ0v) is 20.5. The highest BCUT2D eigenvalue weighted by Crippen LogP contribution is 2.31. The molecule has 9 heteroatoms. The summed E-state index contributed by atoms with van der Waals surface area (Å²) in [5.41, 5.74) is 1.08. The Morgan fingerprint density at radius 1 is 1.06 bits per heavy atom. The van der Waals surface area contributed by atoms with E-state index in [-0.39, 0.29) is 23.6 Å². The molecule has 1 aromatic carbocycles. The number of aromatic nitrogens is 1. The number of furan rings is 1. The number of carbonyl (C=O) groups excluding carboxylic acids is 2. The number of benzene rings is 1. The summed E-state index contributed by atoms with van der Waals surface area (Å²) < 4.78 is 12.3. The van der Waals surface area contributed by atoms with Crippen molar-refractivity contribution < 1.29 is 18.7 Å². The molecule has 1 saturated heterocycles. The van der Waals surface area contributed by atoms with Crippen molar-refractivity contribution in [1.82, 2.24) is 14.4 Å². The number of hydrogen-bond donors (Lipinski definition) is 0. The maximum atomic E-state index is 13.7. The van der Waals surface area contributed by atoms with Gasteiger partial charge in [-0.05, 0) is 52.2 Å². The summed E-state index contributed by atoms with van der Waals surface area (Å²) in [7, 11) is 3.98. The molecule has 9 nitrogen and oxygen atoms in total. The number of rotatable bonds is 8. The van der Waals surface area contributed by atoms with Crippen LogP contribution < -0.4 is 10.5 Å². The van der Waals surface area contributed by atoms with Crippen molar-refractivity contribution in [2.24, 2.45) is 0 Å². The van der Waals surface area contributed by atoms with Crippen LogP contribution in [0.15, 0.2) is 51.9 Å². The Bertz CT molecular complexity index is 1240. The minimum atomic E-state index is -0.617. The van der Waals surface area contributed by atoms with Crippen molar-refractivity contribution in [2.45, 2.75) is 19.9 Å². The van der Waals surface area contributed by atoms with E-state index in [0.717, 1.165) is 23.9 Å². The maximum Gasteiger partial charge on any atom is 0.345 e. The minimum Gasteiger partial charge on any atom is -0.462 e. The molecule has 0 unspecified atom stereocenters. The zero-order valence-electron chi connectivity index (χ0n) is 20.5. The molecule has 0 bridgehead atoms. The highest BCUT2D eigenvalue weighted by molar-refractivity contribution is 6.05. The quantitative estimate of drug-likeness (QED) is 0.458. The summed E-state index contributed by atoms with van der Waals surface area (Å²) in [6.45, 7) is 5.08. The van der Waals surface area contributed by atoms with Crippen LogP contribution in [0.2, 0.25) is 0 Å². The summed E-state index contributed by atoms with van der Waals surface area (Å²) in [6.07, 6.45) is 2.25. The van der Waals surface area contributed by atoms with Gasteiger partial charge < -0.3 is 28.4 Å². The van der Waals surface area contributed by atoms with Crippen LogP contribution in [0.25, 0.3) is 10.9 Å². The van der Waals surface area contributed by atoms with Gasteiger partial charge in [-0.2, -0.15) is 0 Å². The van der Waals surface area contributed by atoms with E-state index in [1.807, 2.05) is 43.3 Å². The second kappa shape index (κ2) is 10.8. The number of carbonyl (C=O) groups is 2. The van der Waals surface area contributed by atoms with Crippen LogP contribution in [0.3, 0.4) is 0 Å². The SMILES string of the molecule is CCOC(=O)c1c(N2CCN(C(=O)c3ccco3)CC2)c2ccccc2n(CCCN(C)C)c1=O. The number of para-hydroxylation sites is 1. The first-order chi connectivity index (χ1) is 16.9. The largest absolute Gasteiger partial charge is 0.462 e. The number of aryl methyl sites for hydroxylation is 1. The first-order valence-electron chi connectivity index (χ1n) is 12.0. The monoisotopic (exact) mass is 480 g/mol. The molecule has 4 rings (SSSR count). The molecule has 0 atom stereocenters. The van der Waals surface area contributed by atoms with Crippen molar-refractivity contribution in [3.05, 3.63) is 64.3 Å². The Morgan fingerprint density at radius 2 is 1.80 bits per heavy atom. The number of esters is 1. The van der Waals surface area contributed by atoms with Crippen molar-refractivity contribution in [1.29, 1.82) is 0 Å². The first kappa shape index (κ1) is 24.5. The maximum absolute atomic E-state index is 13.7. The van der Waals surface area contributed by atoms with Gasteiger partial charge in [0.2, 0.25) is 0 Å². The average molecular weight is 481 g/mol. The summed E-state index contributed by atoms with van der Waals surface area (Å²) >= 11 is 0. The van der Waals surface area contributed by atoms with Crippen molar-refractivity contribution in [3.63, 3.8) is 0 Å². The van der Waals surface area contributed by atoms with Crippen molar-refractivity contribution in [3.8, 4) is 0 Å². The number of fused-ring (bicyclic) bond motifs is 1. The lowest BCUT2D eigenvalue weighted by atomic mass is 10.1. The summed E-state index contributed by atoms with van der Waals surface area (Å²) in [6, 6.07) is 11.0. The van der Waals surface area contributed by atoms with E-state index in [4.69, 9.17) is 9.15 Å². The molecule has 0 spiro atoms. The molecule has 0 N–H and O–H groups in total. The average Bonchev–Trinajstić information content (AvgIpc) is 3.39. The number of piperazine rings is 1. The lowest BCUT2D eigenvalue weighted by molar-refractivity contribution is 0.0523. The van der Waals surface area contributed by atoms with E-state index in [1.54, 1.807) is 28.5 Å². The Balaban J connectivity index is 1.73. The van der Waals surface area contributed by atoms with Crippen LogP contribution in [-0.4, -0.2) is 79.7 Å². The second-order valence-electron chi connectivity index (χ2n) is 8.83. The molecular weight excluding hydrogens is 448 g/mol. The van der Waals surface area contributed by atoms with E-state index in [9.17, 15) is 14.4 Å². The van der Waals surface area contributed by atoms with Gasteiger partial charge in [-0.15, -0.1) is 0 Å². The molecule has 0 saturated carbocycles. The van der Waals surface area contributed by atoms with Gasteiger partial charge in [0.25, 0.3) is 11.5 Å². The van der Waals surface area contributed by atoms with Gasteiger partial charge in [0.05, 0.1) is 24.1 Å². The zero-order chi connectivity index (χ0) is 24.9. The lowest BCUT2D eigenvalue weighted by Gasteiger charge is -2.37. The predicted octanol–water partition coefficient (Wildman–Crippen LogP) is 2.69. The van der Waals surface area contributed by atoms with E-state index in [1.165, 1.54) is 6.26 Å². The summed E-state index contributed by atoms with van der Waals surface area (Å²) in [5, 5.41) is 0.825. The van der Waals surface area contributed by atoms with E-state index < -0.39 is 5.97 Å². The normalized spacial score (nSPS) is 14.1.